The Morgan fingerprint density at radius 2 is 1.73 bits per heavy atom. The topological polar surface area (TPSA) is 55.4 Å². The fraction of sp³-hybridized carbons (Fsp3) is 0.130. The van der Waals surface area contributed by atoms with Gasteiger partial charge in [0.15, 0.2) is 5.11 Å². The summed E-state index contributed by atoms with van der Waals surface area (Å²) in [4.78, 5) is 4.74. The second-order valence-electron chi connectivity index (χ2n) is 6.71. The summed E-state index contributed by atoms with van der Waals surface area (Å²) in [5.74, 6) is 1.40. The lowest BCUT2D eigenvalue weighted by molar-refractivity contribution is 0.405. The summed E-state index contributed by atoms with van der Waals surface area (Å²) in [6.45, 7) is 2.09. The summed E-state index contributed by atoms with van der Waals surface area (Å²) in [6.07, 6.45) is 0. The summed E-state index contributed by atoms with van der Waals surface area (Å²) in [5, 5.41) is 7.82. The number of methoxy groups -OCH3 is 2. The zero-order valence-electron chi connectivity index (χ0n) is 16.9. The highest BCUT2D eigenvalue weighted by atomic mass is 32.1. The van der Waals surface area contributed by atoms with Gasteiger partial charge in [-0.1, -0.05) is 6.07 Å². The Kier molecular flexibility index (Phi) is 5.83. The number of thiazole rings is 1. The van der Waals surface area contributed by atoms with Gasteiger partial charge in [-0.2, -0.15) is 0 Å². The molecule has 2 N–H and O–H groups in total. The molecule has 0 amide bonds. The average Bonchev–Trinajstić information content (AvgIpc) is 3.17. The van der Waals surface area contributed by atoms with Gasteiger partial charge in [-0.25, -0.2) is 4.98 Å². The smallest absolute Gasteiger partial charge is 0.175 e. The lowest BCUT2D eigenvalue weighted by Crippen LogP contribution is -2.19. The van der Waals surface area contributed by atoms with Crippen molar-refractivity contribution in [1.82, 2.24) is 4.98 Å². The minimum atomic E-state index is 0.463. The van der Waals surface area contributed by atoms with Crippen molar-refractivity contribution in [1.29, 1.82) is 0 Å². The Morgan fingerprint density at radius 3 is 2.47 bits per heavy atom. The van der Waals surface area contributed by atoms with E-state index in [4.69, 9.17) is 26.7 Å². The number of hydrogen-bond acceptors (Lipinski definition) is 5. The van der Waals surface area contributed by atoms with Crippen molar-refractivity contribution in [3.05, 3.63) is 66.2 Å². The number of nitrogens with one attached hydrogen (secondary N) is 2. The minimum Gasteiger partial charge on any atom is -0.497 e. The number of aromatic nitrogens is 1. The SMILES string of the molecule is COc1ccc(OC)c(NC(=S)Nc2ccc(-c3nc4ccc(C)cc4s3)cc2)c1. The van der Waals surface area contributed by atoms with Crippen molar-refractivity contribution in [3.63, 3.8) is 0 Å². The number of aryl methyl sites for hydroxylation is 1. The van der Waals surface area contributed by atoms with E-state index < -0.39 is 0 Å². The van der Waals surface area contributed by atoms with E-state index in [1.807, 2.05) is 42.5 Å². The number of rotatable bonds is 5. The van der Waals surface area contributed by atoms with Crippen molar-refractivity contribution in [2.45, 2.75) is 6.92 Å². The van der Waals surface area contributed by atoms with E-state index in [1.165, 1.54) is 10.3 Å². The quantitative estimate of drug-likeness (QED) is 0.370. The standard InChI is InChI=1S/C23H21N3O2S2/c1-14-4-10-18-21(12-14)30-22(25-18)15-5-7-16(8-6-15)24-23(29)26-19-13-17(27-2)9-11-20(19)28-3/h4-13H,1-3H3,(H2,24,26,29). The van der Waals surface area contributed by atoms with Crippen LogP contribution in [0, 0.1) is 6.92 Å². The highest BCUT2D eigenvalue weighted by Gasteiger charge is 2.09. The summed E-state index contributed by atoms with van der Waals surface area (Å²) in [7, 11) is 3.24. The molecule has 7 heteroatoms. The van der Waals surface area contributed by atoms with Crippen LogP contribution in [0.1, 0.15) is 5.56 Å². The van der Waals surface area contributed by atoms with Crippen LogP contribution in [-0.2, 0) is 0 Å². The highest BCUT2D eigenvalue weighted by molar-refractivity contribution is 7.80. The van der Waals surface area contributed by atoms with Gasteiger partial charge in [0, 0.05) is 17.3 Å². The summed E-state index contributed by atoms with van der Waals surface area (Å²) < 4.78 is 11.9. The fourth-order valence-electron chi connectivity index (χ4n) is 3.05. The summed E-state index contributed by atoms with van der Waals surface area (Å²) >= 11 is 7.16. The molecule has 4 rings (SSSR count). The normalized spacial score (nSPS) is 10.6. The number of ether oxygens (including phenoxy) is 2. The van der Waals surface area contributed by atoms with Crippen LogP contribution >= 0.6 is 23.6 Å². The van der Waals surface area contributed by atoms with Crippen molar-refractivity contribution < 1.29 is 9.47 Å². The van der Waals surface area contributed by atoms with Crippen molar-refractivity contribution >= 4 is 50.3 Å². The minimum absolute atomic E-state index is 0.463. The lowest BCUT2D eigenvalue weighted by Gasteiger charge is -2.14. The first-order chi connectivity index (χ1) is 14.6. The highest BCUT2D eigenvalue weighted by Crippen LogP contribution is 2.32. The number of nitrogens with zero attached hydrogens (tertiary/aromatic N) is 1. The molecule has 0 aliphatic carbocycles. The van der Waals surface area contributed by atoms with Gasteiger partial charge < -0.3 is 20.1 Å². The number of fused-ring (bicyclic) bond motifs is 1. The number of thiocarbonyl (C=S) groups is 1. The molecular weight excluding hydrogens is 414 g/mol. The third-order valence-corrected chi connectivity index (χ3v) is 5.86. The number of anilines is 2. The Bertz CT molecular complexity index is 1200. The third kappa shape index (κ3) is 4.37. The van der Waals surface area contributed by atoms with Crippen molar-refractivity contribution in [2.24, 2.45) is 0 Å². The van der Waals surface area contributed by atoms with Gasteiger partial charge in [-0.15, -0.1) is 11.3 Å². The summed E-state index contributed by atoms with van der Waals surface area (Å²) in [6, 6.07) is 19.9. The maximum absolute atomic E-state index is 5.46. The van der Waals surface area contributed by atoms with Gasteiger partial charge in [0.1, 0.15) is 16.5 Å². The van der Waals surface area contributed by atoms with Crippen LogP contribution in [0.4, 0.5) is 11.4 Å². The molecular formula is C23H21N3O2S2. The zero-order chi connectivity index (χ0) is 21.1. The molecule has 1 heterocycles. The second-order valence-corrected chi connectivity index (χ2v) is 8.15. The van der Waals surface area contributed by atoms with Gasteiger partial charge in [-0.3, -0.25) is 0 Å². The van der Waals surface area contributed by atoms with Crippen LogP contribution < -0.4 is 20.1 Å². The Hall–Kier alpha value is -3.16. The molecule has 0 atom stereocenters. The van der Waals surface area contributed by atoms with Crippen molar-refractivity contribution in [3.8, 4) is 22.1 Å². The molecule has 0 radical (unpaired) electrons. The number of hydrogen-bond donors (Lipinski definition) is 2. The van der Waals surface area contributed by atoms with E-state index >= 15 is 0 Å². The maximum Gasteiger partial charge on any atom is 0.175 e. The molecule has 0 unspecified atom stereocenters. The first-order valence-electron chi connectivity index (χ1n) is 9.33. The van der Waals surface area contributed by atoms with Gasteiger partial charge in [0.05, 0.1) is 30.1 Å². The van der Waals surface area contributed by atoms with Crippen LogP contribution in [-0.4, -0.2) is 24.3 Å². The van der Waals surface area contributed by atoms with E-state index in [0.717, 1.165) is 33.2 Å². The number of benzene rings is 3. The van der Waals surface area contributed by atoms with Gasteiger partial charge >= 0.3 is 0 Å². The Labute approximate surface area is 184 Å². The molecule has 0 aliphatic rings. The molecule has 0 fully saturated rings. The van der Waals surface area contributed by atoms with E-state index in [9.17, 15) is 0 Å². The van der Waals surface area contributed by atoms with Crippen LogP contribution in [0.2, 0.25) is 0 Å². The molecule has 0 saturated heterocycles. The second kappa shape index (κ2) is 8.69. The zero-order valence-corrected chi connectivity index (χ0v) is 18.5. The fourth-order valence-corrected chi connectivity index (χ4v) is 4.34. The maximum atomic E-state index is 5.46. The predicted octanol–water partition coefficient (Wildman–Crippen LogP) is 6.10. The van der Waals surface area contributed by atoms with Gasteiger partial charge in [0.25, 0.3) is 0 Å². The van der Waals surface area contributed by atoms with Gasteiger partial charge in [0.2, 0.25) is 0 Å². The van der Waals surface area contributed by atoms with Crippen LogP contribution in [0.25, 0.3) is 20.8 Å². The molecule has 0 saturated carbocycles. The Balaban J connectivity index is 1.47. The third-order valence-electron chi connectivity index (χ3n) is 4.59. The molecule has 152 valence electrons. The predicted molar refractivity (Wildman–Crippen MR) is 129 cm³/mol. The van der Waals surface area contributed by atoms with Gasteiger partial charge in [-0.05, 0) is 73.2 Å². The monoisotopic (exact) mass is 435 g/mol. The molecule has 1 aromatic heterocycles. The van der Waals surface area contributed by atoms with E-state index in [1.54, 1.807) is 25.6 Å². The largest absolute Gasteiger partial charge is 0.497 e. The molecule has 5 nitrogen and oxygen atoms in total. The van der Waals surface area contributed by atoms with Crippen LogP contribution in [0.5, 0.6) is 11.5 Å². The van der Waals surface area contributed by atoms with E-state index in [0.29, 0.717) is 10.9 Å². The first-order valence-corrected chi connectivity index (χ1v) is 10.6. The van der Waals surface area contributed by atoms with Crippen LogP contribution in [0.15, 0.2) is 60.7 Å². The molecule has 0 spiro atoms. The lowest BCUT2D eigenvalue weighted by atomic mass is 10.2. The van der Waals surface area contributed by atoms with Crippen molar-refractivity contribution in [2.75, 3.05) is 24.9 Å². The molecule has 0 bridgehead atoms. The van der Waals surface area contributed by atoms with Crippen LogP contribution in [0.3, 0.4) is 0 Å². The van der Waals surface area contributed by atoms with E-state index in [2.05, 4.69) is 35.8 Å². The van der Waals surface area contributed by atoms with E-state index in [-0.39, 0.29) is 0 Å². The molecule has 3 aromatic carbocycles. The first kappa shape index (κ1) is 20.1. The molecule has 0 aliphatic heterocycles. The average molecular weight is 436 g/mol. The molecule has 30 heavy (non-hydrogen) atoms. The molecule has 4 aromatic rings. The summed E-state index contributed by atoms with van der Waals surface area (Å²) in [5.41, 5.74) is 4.96. The Morgan fingerprint density at radius 1 is 0.933 bits per heavy atom.